The maximum Gasteiger partial charge on any atom is 0.0453 e. The van der Waals surface area contributed by atoms with Gasteiger partial charge in [0, 0.05) is 12.7 Å². The fourth-order valence-electron chi connectivity index (χ4n) is 1.00. The molecule has 0 aromatic heterocycles. The van der Waals surface area contributed by atoms with E-state index in [0.29, 0.717) is 12.5 Å². The van der Waals surface area contributed by atoms with Crippen molar-refractivity contribution < 1.29 is 0 Å². The van der Waals surface area contributed by atoms with Crippen LogP contribution in [0.3, 0.4) is 0 Å². The van der Waals surface area contributed by atoms with Gasteiger partial charge < -0.3 is 15.6 Å². The van der Waals surface area contributed by atoms with Crippen molar-refractivity contribution >= 4 is 0 Å². The van der Waals surface area contributed by atoms with Gasteiger partial charge >= 0.3 is 0 Å². The summed E-state index contributed by atoms with van der Waals surface area (Å²) in [7, 11) is 0. The lowest BCUT2D eigenvalue weighted by molar-refractivity contribution is 0.167. The summed E-state index contributed by atoms with van der Waals surface area (Å²) in [6, 6.07) is 0. The summed E-state index contributed by atoms with van der Waals surface area (Å²) in [6.45, 7) is 5.61. The second-order valence-corrected chi connectivity index (χ2v) is 2.79. The van der Waals surface area contributed by atoms with Crippen molar-refractivity contribution in [2.75, 3.05) is 13.1 Å². The Morgan fingerprint density at radius 1 is 1.56 bits per heavy atom. The molecular weight excluding hydrogens is 116 g/mol. The Labute approximate surface area is 55.6 Å². The first-order valence-electron chi connectivity index (χ1n) is 3.37. The molecule has 2 unspecified atom stereocenters. The first kappa shape index (κ1) is 6.99. The van der Waals surface area contributed by atoms with Gasteiger partial charge in [-0.15, -0.1) is 0 Å². The van der Waals surface area contributed by atoms with Gasteiger partial charge in [-0.25, -0.2) is 0 Å². The lowest BCUT2D eigenvalue weighted by atomic mass is 10.1. The van der Waals surface area contributed by atoms with Crippen molar-refractivity contribution in [2.24, 2.45) is 5.92 Å². The molecule has 3 nitrogen and oxygen atoms in total. The van der Waals surface area contributed by atoms with Crippen LogP contribution in [-0.4, -0.2) is 24.3 Å². The number of hydrogen-bond donors (Lipinski definition) is 1. The molecule has 0 radical (unpaired) electrons. The maximum absolute atomic E-state index is 10.9. The third kappa shape index (κ3) is 1.64. The van der Waals surface area contributed by atoms with E-state index in [4.69, 9.17) is 0 Å². The highest BCUT2D eigenvalue weighted by Gasteiger charge is 2.13. The summed E-state index contributed by atoms with van der Waals surface area (Å²) in [4.78, 5) is 0. The zero-order valence-electron chi connectivity index (χ0n) is 5.92. The molecule has 1 aliphatic rings. The van der Waals surface area contributed by atoms with Crippen LogP contribution >= 0.6 is 0 Å². The summed E-state index contributed by atoms with van der Waals surface area (Å²) in [5, 5.41) is 15.0. The zero-order valence-corrected chi connectivity index (χ0v) is 5.92. The van der Waals surface area contributed by atoms with Gasteiger partial charge in [0.2, 0.25) is 0 Å². The smallest absolute Gasteiger partial charge is 0.0453 e. The van der Waals surface area contributed by atoms with Crippen molar-refractivity contribution in [3.8, 4) is 0 Å². The first-order chi connectivity index (χ1) is 4.20. The van der Waals surface area contributed by atoms with E-state index in [-0.39, 0.29) is 6.17 Å². The topological polar surface area (TPSA) is 38.3 Å². The highest BCUT2D eigenvalue weighted by Crippen LogP contribution is 2.06. The molecule has 0 aromatic carbocycles. The Balaban J connectivity index is 2.35. The van der Waals surface area contributed by atoms with Gasteiger partial charge in [0.1, 0.15) is 0 Å². The average molecular weight is 129 g/mol. The van der Waals surface area contributed by atoms with Gasteiger partial charge in [0.15, 0.2) is 0 Å². The molecule has 1 rings (SSSR count). The minimum Gasteiger partial charge on any atom is -0.784 e. The van der Waals surface area contributed by atoms with E-state index in [2.05, 4.69) is 12.2 Å². The summed E-state index contributed by atoms with van der Waals surface area (Å²) >= 11 is 0. The van der Waals surface area contributed by atoms with Gasteiger partial charge in [-0.05, 0) is 19.4 Å². The van der Waals surface area contributed by atoms with Gasteiger partial charge in [0.25, 0.3) is 0 Å². The molecule has 0 amide bonds. The van der Waals surface area contributed by atoms with E-state index in [0.717, 1.165) is 11.6 Å². The summed E-state index contributed by atoms with van der Waals surface area (Å²) in [5.41, 5.74) is 0. The van der Waals surface area contributed by atoms with Crippen LogP contribution in [0.2, 0.25) is 0 Å². The Morgan fingerprint density at radius 2 is 2.22 bits per heavy atom. The van der Waals surface area contributed by atoms with Crippen LogP contribution < -0.4 is 5.32 Å². The van der Waals surface area contributed by atoms with Gasteiger partial charge in [-0.2, -0.15) is 0 Å². The number of nitrogens with one attached hydrogen (secondary N) is 1. The molecule has 0 saturated carbocycles. The molecule has 1 heterocycles. The monoisotopic (exact) mass is 129 g/mol. The van der Waals surface area contributed by atoms with Crippen LogP contribution in [0.1, 0.15) is 13.8 Å². The molecular formula is C6H13N2O-. The predicted octanol–water partition coefficient (Wildman–Crippen LogP) is 0.372. The highest BCUT2D eigenvalue weighted by atomic mass is 16.5. The zero-order chi connectivity index (χ0) is 6.85. The lowest BCUT2D eigenvalue weighted by Crippen LogP contribution is -2.50. The van der Waals surface area contributed by atoms with E-state index in [1.807, 2.05) is 6.92 Å². The van der Waals surface area contributed by atoms with E-state index in [1.165, 1.54) is 0 Å². The predicted molar refractivity (Wildman–Crippen MR) is 36.7 cm³/mol. The van der Waals surface area contributed by atoms with Crippen molar-refractivity contribution in [2.45, 2.75) is 20.0 Å². The van der Waals surface area contributed by atoms with Crippen LogP contribution in [0, 0.1) is 11.1 Å². The lowest BCUT2D eigenvalue weighted by Gasteiger charge is -2.42. The van der Waals surface area contributed by atoms with Crippen molar-refractivity contribution in [3.63, 3.8) is 0 Å². The quantitative estimate of drug-likeness (QED) is 0.513. The maximum atomic E-state index is 10.9. The molecule has 9 heavy (non-hydrogen) atoms. The van der Waals surface area contributed by atoms with Crippen LogP contribution in [0.25, 0.3) is 0 Å². The average Bonchev–Trinajstić information content (AvgIpc) is 1.80. The van der Waals surface area contributed by atoms with Crippen molar-refractivity contribution in [1.29, 1.82) is 0 Å². The normalized spacial score (nSPS) is 39.0. The third-order valence-corrected chi connectivity index (χ3v) is 1.69. The number of nitrogens with zero attached hydrogens (tertiary/aromatic N) is 1. The molecule has 1 saturated heterocycles. The molecule has 2 atom stereocenters. The van der Waals surface area contributed by atoms with Crippen LogP contribution in [0.4, 0.5) is 0 Å². The fraction of sp³-hybridized carbons (Fsp3) is 1.00. The molecule has 54 valence electrons. The molecule has 1 N–H and O–H groups in total. The Morgan fingerprint density at radius 3 is 2.67 bits per heavy atom. The van der Waals surface area contributed by atoms with E-state index < -0.39 is 0 Å². The summed E-state index contributed by atoms with van der Waals surface area (Å²) in [5.74, 6) is 0.499. The Hall–Kier alpha value is -0.120. The first-order valence-corrected chi connectivity index (χ1v) is 3.37. The Kier molecular flexibility index (Phi) is 2.05. The largest absolute Gasteiger partial charge is 0.784 e. The molecule has 3 heteroatoms. The SMILES string of the molecule is CC1CNC(C)N([O-])C1. The van der Waals surface area contributed by atoms with E-state index in [1.54, 1.807) is 0 Å². The molecule has 1 fully saturated rings. The number of rotatable bonds is 0. The highest BCUT2D eigenvalue weighted by molar-refractivity contribution is 4.75. The van der Waals surface area contributed by atoms with E-state index >= 15 is 0 Å². The number of hydroxylamine groups is 2. The van der Waals surface area contributed by atoms with Crippen LogP contribution in [0.5, 0.6) is 0 Å². The summed E-state index contributed by atoms with van der Waals surface area (Å²) < 4.78 is 0. The van der Waals surface area contributed by atoms with Gasteiger partial charge in [-0.1, -0.05) is 6.92 Å². The van der Waals surface area contributed by atoms with Gasteiger partial charge in [0.05, 0.1) is 0 Å². The van der Waals surface area contributed by atoms with Crippen molar-refractivity contribution in [1.82, 2.24) is 10.4 Å². The molecule has 0 bridgehead atoms. The molecule has 0 spiro atoms. The minimum absolute atomic E-state index is 0.0150. The third-order valence-electron chi connectivity index (χ3n) is 1.69. The van der Waals surface area contributed by atoms with Gasteiger partial charge in [-0.3, -0.25) is 0 Å². The summed E-state index contributed by atoms with van der Waals surface area (Å²) in [6.07, 6.45) is 0.0150. The fourth-order valence-corrected chi connectivity index (χ4v) is 1.00. The second-order valence-electron chi connectivity index (χ2n) is 2.79. The molecule has 1 aliphatic heterocycles. The molecule has 0 aromatic rings. The Bertz CT molecular complexity index is 97.1. The van der Waals surface area contributed by atoms with Crippen LogP contribution in [-0.2, 0) is 0 Å². The minimum atomic E-state index is 0.0150. The second kappa shape index (κ2) is 2.64. The molecule has 0 aliphatic carbocycles. The van der Waals surface area contributed by atoms with Crippen molar-refractivity contribution in [3.05, 3.63) is 5.21 Å². The standard InChI is InChI=1S/C6H13N2O/c1-5-3-7-6(2)8(9)4-5/h5-7H,3-4H2,1-2H3/q-1. The van der Waals surface area contributed by atoms with E-state index in [9.17, 15) is 5.21 Å². The number of hydrogen-bond acceptors (Lipinski definition) is 3. The van der Waals surface area contributed by atoms with Crippen LogP contribution in [0.15, 0.2) is 0 Å².